The molecule has 10 N–H and O–H groups in total. The van der Waals surface area contributed by atoms with E-state index in [0.717, 1.165) is 22.9 Å². The summed E-state index contributed by atoms with van der Waals surface area (Å²) in [5.74, 6) is -1.65. The first-order valence-corrected chi connectivity index (χ1v) is 13.0. The number of nitrogens with two attached hydrogens (primary N) is 4. The lowest BCUT2D eigenvalue weighted by atomic mass is 10.0. The summed E-state index contributed by atoms with van der Waals surface area (Å²) in [4.78, 5) is 44.9. The highest BCUT2D eigenvalue weighted by atomic mass is 16.2. The number of benzene rings is 2. The van der Waals surface area contributed by atoms with Crippen LogP contribution in [0, 0.1) is 0 Å². The number of hydrogen-bond acceptors (Lipinski definition) is 8. The maximum atomic E-state index is 13.3. The number of nitrogens with zero attached hydrogens (tertiary/aromatic N) is 2. The van der Waals surface area contributed by atoms with E-state index in [2.05, 4.69) is 15.6 Å². The molecule has 3 unspecified atom stereocenters. The first kappa shape index (κ1) is 29.7. The number of hydrogen-bond donors (Lipinski definition) is 6. The lowest BCUT2D eigenvalue weighted by Crippen LogP contribution is -2.61. The van der Waals surface area contributed by atoms with Gasteiger partial charge in [-0.2, -0.15) is 0 Å². The third kappa shape index (κ3) is 8.55. The summed E-state index contributed by atoms with van der Waals surface area (Å²) >= 11 is 0. The van der Waals surface area contributed by atoms with Gasteiger partial charge in [-0.1, -0.05) is 48.5 Å². The minimum absolute atomic E-state index is 0.215. The van der Waals surface area contributed by atoms with E-state index in [-0.39, 0.29) is 26.2 Å². The van der Waals surface area contributed by atoms with Gasteiger partial charge in [0, 0.05) is 31.6 Å². The molecule has 1 aromatic heterocycles. The summed E-state index contributed by atoms with van der Waals surface area (Å²) in [5, 5.41) is 6.41. The van der Waals surface area contributed by atoms with Crippen LogP contribution in [0.25, 0.3) is 10.9 Å². The number of rotatable bonds is 14. The molecule has 3 aromatic rings. The minimum Gasteiger partial charge on any atom is -0.343 e. The van der Waals surface area contributed by atoms with Crippen molar-refractivity contribution in [3.05, 3.63) is 72.4 Å². The molecular formula is C28H38N8O3. The maximum absolute atomic E-state index is 13.3. The number of fused-ring (bicyclic) bond motifs is 1. The van der Waals surface area contributed by atoms with Gasteiger partial charge in [0.1, 0.15) is 18.1 Å². The molecule has 3 rings (SSSR count). The Balaban J connectivity index is 1.71. The average molecular weight is 535 g/mol. The van der Waals surface area contributed by atoms with Crippen LogP contribution in [-0.4, -0.2) is 71.9 Å². The Kier molecular flexibility index (Phi) is 11.3. The van der Waals surface area contributed by atoms with Gasteiger partial charge >= 0.3 is 0 Å². The molecule has 0 bridgehead atoms. The highest BCUT2D eigenvalue weighted by Gasteiger charge is 2.32. The number of aryl methyl sites for hydroxylation is 1. The normalized spacial score (nSPS) is 13.3. The van der Waals surface area contributed by atoms with Gasteiger partial charge < -0.3 is 38.5 Å². The highest BCUT2D eigenvalue weighted by Crippen LogP contribution is 2.17. The summed E-state index contributed by atoms with van der Waals surface area (Å²) in [6, 6.07) is 15.6. The molecule has 0 spiro atoms. The van der Waals surface area contributed by atoms with Crippen LogP contribution in [0.4, 0.5) is 5.69 Å². The third-order valence-electron chi connectivity index (χ3n) is 6.38. The van der Waals surface area contributed by atoms with Gasteiger partial charge in [-0.05, 0) is 37.0 Å². The molecular weight excluding hydrogens is 496 g/mol. The zero-order chi connectivity index (χ0) is 28.2. The van der Waals surface area contributed by atoms with Crippen molar-refractivity contribution in [2.24, 2.45) is 22.9 Å². The second-order valence-electron chi connectivity index (χ2n) is 9.30. The molecule has 3 atom stereocenters. The minimum atomic E-state index is -1.37. The van der Waals surface area contributed by atoms with Gasteiger partial charge in [0.2, 0.25) is 17.7 Å². The lowest BCUT2D eigenvalue weighted by molar-refractivity contribution is -0.136. The van der Waals surface area contributed by atoms with E-state index in [1.807, 2.05) is 60.7 Å². The SMILES string of the molecule is NCCN(CCN)C(=O)C(N)C(N)C(=O)NC(CCCc1ccccc1)C(=O)Nc1cnc2ccccc2c1. The Morgan fingerprint density at radius 3 is 2.23 bits per heavy atom. The monoisotopic (exact) mass is 534 g/mol. The number of amides is 3. The van der Waals surface area contributed by atoms with Crippen LogP contribution in [0.3, 0.4) is 0 Å². The molecule has 0 aliphatic carbocycles. The van der Waals surface area contributed by atoms with Crippen molar-refractivity contribution >= 4 is 34.3 Å². The van der Waals surface area contributed by atoms with E-state index in [1.165, 1.54) is 4.90 Å². The van der Waals surface area contributed by atoms with E-state index in [4.69, 9.17) is 22.9 Å². The molecule has 11 nitrogen and oxygen atoms in total. The van der Waals surface area contributed by atoms with Crippen LogP contribution in [0.5, 0.6) is 0 Å². The molecule has 0 aliphatic heterocycles. The van der Waals surface area contributed by atoms with Gasteiger partial charge in [0.05, 0.1) is 17.4 Å². The van der Waals surface area contributed by atoms with Crippen molar-refractivity contribution in [2.45, 2.75) is 37.4 Å². The molecule has 0 aliphatic rings. The number of carbonyl (C=O) groups excluding carboxylic acids is 3. The summed E-state index contributed by atoms with van der Waals surface area (Å²) in [7, 11) is 0. The molecule has 1 heterocycles. The van der Waals surface area contributed by atoms with Crippen molar-refractivity contribution in [1.82, 2.24) is 15.2 Å². The highest BCUT2D eigenvalue weighted by molar-refractivity contribution is 6.00. The smallest absolute Gasteiger partial charge is 0.246 e. The molecule has 0 saturated carbocycles. The molecule has 0 saturated heterocycles. The van der Waals surface area contributed by atoms with Crippen molar-refractivity contribution in [1.29, 1.82) is 0 Å². The first-order chi connectivity index (χ1) is 18.8. The van der Waals surface area contributed by atoms with Crippen LogP contribution >= 0.6 is 0 Å². The van der Waals surface area contributed by atoms with Gasteiger partial charge in [-0.3, -0.25) is 19.4 Å². The van der Waals surface area contributed by atoms with E-state index in [0.29, 0.717) is 18.5 Å². The Morgan fingerprint density at radius 2 is 1.54 bits per heavy atom. The van der Waals surface area contributed by atoms with Crippen LogP contribution in [0.2, 0.25) is 0 Å². The van der Waals surface area contributed by atoms with Crippen molar-refractivity contribution in [3.63, 3.8) is 0 Å². The molecule has 0 radical (unpaired) electrons. The Morgan fingerprint density at radius 1 is 0.872 bits per heavy atom. The van der Waals surface area contributed by atoms with Crippen molar-refractivity contribution in [2.75, 3.05) is 31.5 Å². The molecule has 0 fully saturated rings. The number of anilines is 1. The largest absolute Gasteiger partial charge is 0.343 e. The van der Waals surface area contributed by atoms with Gasteiger partial charge in [-0.25, -0.2) is 0 Å². The molecule has 39 heavy (non-hydrogen) atoms. The number of aromatic nitrogens is 1. The number of carbonyl (C=O) groups is 3. The Labute approximate surface area is 228 Å². The average Bonchev–Trinajstić information content (AvgIpc) is 2.95. The topological polar surface area (TPSA) is 195 Å². The van der Waals surface area contributed by atoms with Crippen LogP contribution in [-0.2, 0) is 20.8 Å². The Hall–Kier alpha value is -3.90. The molecule has 11 heteroatoms. The lowest BCUT2D eigenvalue weighted by Gasteiger charge is -2.28. The third-order valence-corrected chi connectivity index (χ3v) is 6.38. The fourth-order valence-electron chi connectivity index (χ4n) is 4.23. The second kappa shape index (κ2) is 14.9. The molecule has 2 aromatic carbocycles. The van der Waals surface area contributed by atoms with Gasteiger partial charge in [-0.15, -0.1) is 0 Å². The first-order valence-electron chi connectivity index (χ1n) is 13.0. The second-order valence-corrected chi connectivity index (χ2v) is 9.30. The molecule has 3 amide bonds. The van der Waals surface area contributed by atoms with E-state index in [1.54, 1.807) is 6.20 Å². The van der Waals surface area contributed by atoms with Crippen molar-refractivity contribution in [3.8, 4) is 0 Å². The molecule has 208 valence electrons. The van der Waals surface area contributed by atoms with Gasteiger partial charge in [0.25, 0.3) is 0 Å². The quantitative estimate of drug-likeness (QED) is 0.167. The standard InChI is InChI=1S/C28H38N8O3/c29-13-15-36(16-14-30)28(39)25(32)24(31)27(38)35-23(12-6-9-19-7-2-1-3-8-19)26(37)34-21-17-20-10-4-5-11-22(20)33-18-21/h1-5,7-8,10-11,17-18,23-25H,6,9,12-16,29-32H2,(H,34,37)(H,35,38). The predicted molar refractivity (Wildman–Crippen MR) is 152 cm³/mol. The predicted octanol–water partition coefficient (Wildman–Crippen LogP) is 0.0816. The Bertz CT molecular complexity index is 1230. The maximum Gasteiger partial charge on any atom is 0.246 e. The zero-order valence-electron chi connectivity index (χ0n) is 22.0. The zero-order valence-corrected chi connectivity index (χ0v) is 22.0. The summed E-state index contributed by atoms with van der Waals surface area (Å²) < 4.78 is 0. The number of pyridine rings is 1. The van der Waals surface area contributed by atoms with Crippen LogP contribution in [0.15, 0.2) is 66.9 Å². The number of para-hydroxylation sites is 1. The van der Waals surface area contributed by atoms with Crippen LogP contribution < -0.4 is 33.6 Å². The van der Waals surface area contributed by atoms with E-state index >= 15 is 0 Å². The fourth-order valence-corrected chi connectivity index (χ4v) is 4.23. The van der Waals surface area contributed by atoms with E-state index < -0.39 is 35.8 Å². The van der Waals surface area contributed by atoms with E-state index in [9.17, 15) is 14.4 Å². The summed E-state index contributed by atoms with van der Waals surface area (Å²) in [6.07, 6.45) is 3.25. The van der Waals surface area contributed by atoms with Gasteiger partial charge in [0.15, 0.2) is 0 Å². The van der Waals surface area contributed by atoms with Crippen LogP contribution in [0.1, 0.15) is 18.4 Å². The number of nitrogens with one attached hydrogen (secondary N) is 2. The summed E-state index contributed by atoms with van der Waals surface area (Å²) in [6.45, 7) is 0.908. The van der Waals surface area contributed by atoms with Crippen molar-refractivity contribution < 1.29 is 14.4 Å². The fraction of sp³-hybridized carbons (Fsp3) is 0.357. The summed E-state index contributed by atoms with van der Waals surface area (Å²) in [5.41, 5.74) is 25.7.